The van der Waals surface area contributed by atoms with E-state index >= 15 is 0 Å². The fraction of sp³-hybridized carbons (Fsp3) is 0.545. The Kier molecular flexibility index (Phi) is 4.70. The van der Waals surface area contributed by atoms with Crippen molar-refractivity contribution in [2.75, 3.05) is 5.32 Å². The number of amides is 1. The number of nitrogens with one attached hydrogen (secondary N) is 1. The largest absolute Gasteiger partial charge is 0.409 e. The predicted molar refractivity (Wildman–Crippen MR) is 68.3 cm³/mol. The monoisotopic (exact) mass is 253 g/mol. The SMILES string of the molecule is CCn1cc(NC(=O)C(C(N)=NO)C(C)C)cn1. The lowest BCUT2D eigenvalue weighted by Gasteiger charge is -2.17. The minimum atomic E-state index is -0.667. The van der Waals surface area contributed by atoms with Gasteiger partial charge in [-0.2, -0.15) is 5.10 Å². The average molecular weight is 253 g/mol. The van der Waals surface area contributed by atoms with Crippen molar-refractivity contribution in [3.8, 4) is 0 Å². The number of nitrogens with zero attached hydrogens (tertiary/aromatic N) is 3. The molecule has 1 rings (SSSR count). The zero-order valence-electron chi connectivity index (χ0n) is 10.8. The van der Waals surface area contributed by atoms with Crippen LogP contribution in [0.1, 0.15) is 20.8 Å². The van der Waals surface area contributed by atoms with Crippen LogP contribution in [-0.4, -0.2) is 26.7 Å². The third kappa shape index (κ3) is 3.22. The molecule has 7 nitrogen and oxygen atoms in total. The minimum absolute atomic E-state index is 0.0675. The minimum Gasteiger partial charge on any atom is -0.409 e. The van der Waals surface area contributed by atoms with Crippen LogP contribution in [0.4, 0.5) is 5.69 Å². The molecule has 1 amide bonds. The van der Waals surface area contributed by atoms with Gasteiger partial charge in [0.15, 0.2) is 5.84 Å². The van der Waals surface area contributed by atoms with Gasteiger partial charge in [0.2, 0.25) is 5.91 Å². The van der Waals surface area contributed by atoms with E-state index in [1.165, 1.54) is 0 Å². The highest BCUT2D eigenvalue weighted by Crippen LogP contribution is 2.15. The third-order valence-corrected chi connectivity index (χ3v) is 2.61. The summed E-state index contributed by atoms with van der Waals surface area (Å²) in [6.45, 7) is 6.34. The number of amidine groups is 1. The maximum atomic E-state index is 12.0. The van der Waals surface area contributed by atoms with E-state index in [0.29, 0.717) is 5.69 Å². The Morgan fingerprint density at radius 2 is 2.33 bits per heavy atom. The molecule has 1 heterocycles. The summed E-state index contributed by atoms with van der Waals surface area (Å²) in [5.41, 5.74) is 6.12. The molecular formula is C11H19N5O2. The highest BCUT2D eigenvalue weighted by atomic mass is 16.4. The van der Waals surface area contributed by atoms with Crippen LogP contribution in [0.25, 0.3) is 0 Å². The van der Waals surface area contributed by atoms with Gasteiger partial charge in [0, 0.05) is 12.7 Å². The Morgan fingerprint density at radius 1 is 1.67 bits per heavy atom. The van der Waals surface area contributed by atoms with Crippen molar-refractivity contribution in [2.45, 2.75) is 27.3 Å². The van der Waals surface area contributed by atoms with Crippen LogP contribution in [0, 0.1) is 11.8 Å². The summed E-state index contributed by atoms with van der Waals surface area (Å²) >= 11 is 0. The first-order valence-corrected chi connectivity index (χ1v) is 5.80. The summed E-state index contributed by atoms with van der Waals surface area (Å²) in [5, 5.41) is 18.3. The fourth-order valence-corrected chi connectivity index (χ4v) is 1.66. The number of hydrogen-bond donors (Lipinski definition) is 3. The van der Waals surface area contributed by atoms with Crippen molar-refractivity contribution in [1.82, 2.24) is 9.78 Å². The molecule has 0 saturated heterocycles. The molecule has 1 unspecified atom stereocenters. The molecular weight excluding hydrogens is 234 g/mol. The molecule has 0 radical (unpaired) electrons. The van der Waals surface area contributed by atoms with E-state index in [4.69, 9.17) is 10.9 Å². The smallest absolute Gasteiger partial charge is 0.235 e. The number of anilines is 1. The molecule has 0 aliphatic heterocycles. The molecule has 4 N–H and O–H groups in total. The second-order valence-corrected chi connectivity index (χ2v) is 4.32. The lowest BCUT2D eigenvalue weighted by molar-refractivity contribution is -0.119. The van der Waals surface area contributed by atoms with E-state index in [1.54, 1.807) is 17.1 Å². The number of rotatable bonds is 5. The van der Waals surface area contributed by atoms with Crippen molar-refractivity contribution in [1.29, 1.82) is 0 Å². The number of aryl methyl sites for hydroxylation is 1. The Morgan fingerprint density at radius 3 is 2.78 bits per heavy atom. The topological polar surface area (TPSA) is 106 Å². The van der Waals surface area contributed by atoms with Crippen molar-refractivity contribution >= 4 is 17.4 Å². The molecule has 0 aromatic carbocycles. The lowest BCUT2D eigenvalue weighted by Crippen LogP contribution is -2.38. The predicted octanol–water partition coefficient (Wildman–Crippen LogP) is 0.860. The molecule has 100 valence electrons. The molecule has 0 aliphatic carbocycles. The van der Waals surface area contributed by atoms with E-state index in [9.17, 15) is 4.79 Å². The van der Waals surface area contributed by atoms with Gasteiger partial charge in [-0.25, -0.2) is 0 Å². The van der Waals surface area contributed by atoms with E-state index in [0.717, 1.165) is 6.54 Å². The highest BCUT2D eigenvalue weighted by molar-refractivity contribution is 6.07. The average Bonchev–Trinajstić information content (AvgIpc) is 2.76. The molecule has 0 aliphatic rings. The summed E-state index contributed by atoms with van der Waals surface area (Å²) in [5.74, 6) is -1.14. The van der Waals surface area contributed by atoms with Gasteiger partial charge in [-0.3, -0.25) is 9.48 Å². The molecule has 1 aromatic heterocycles. The van der Waals surface area contributed by atoms with Crippen molar-refractivity contribution in [3.05, 3.63) is 12.4 Å². The van der Waals surface area contributed by atoms with Gasteiger partial charge >= 0.3 is 0 Å². The maximum absolute atomic E-state index is 12.0. The molecule has 0 bridgehead atoms. The van der Waals surface area contributed by atoms with Crippen molar-refractivity contribution in [2.24, 2.45) is 22.7 Å². The number of nitrogens with two attached hydrogens (primary N) is 1. The van der Waals surface area contributed by atoms with Gasteiger partial charge in [-0.1, -0.05) is 19.0 Å². The third-order valence-electron chi connectivity index (χ3n) is 2.61. The molecule has 0 spiro atoms. The van der Waals surface area contributed by atoms with Gasteiger partial charge in [-0.15, -0.1) is 0 Å². The van der Waals surface area contributed by atoms with Gasteiger partial charge in [0.25, 0.3) is 0 Å². The second-order valence-electron chi connectivity index (χ2n) is 4.32. The lowest BCUT2D eigenvalue weighted by atomic mass is 9.94. The van der Waals surface area contributed by atoms with Gasteiger partial charge in [0.05, 0.1) is 11.9 Å². The zero-order valence-corrected chi connectivity index (χ0v) is 10.8. The quantitative estimate of drug-likeness (QED) is 0.313. The van der Waals surface area contributed by atoms with Crippen LogP contribution in [0.2, 0.25) is 0 Å². The standard InChI is InChI=1S/C11H19N5O2/c1-4-16-6-8(5-13-16)14-11(17)9(7(2)3)10(12)15-18/h5-7,9,18H,4H2,1-3H3,(H2,12,15)(H,14,17). The number of aromatic nitrogens is 2. The van der Waals surface area contributed by atoms with Gasteiger partial charge < -0.3 is 16.3 Å². The van der Waals surface area contributed by atoms with Gasteiger partial charge in [-0.05, 0) is 12.8 Å². The zero-order chi connectivity index (χ0) is 13.7. The van der Waals surface area contributed by atoms with E-state index in [1.807, 2.05) is 20.8 Å². The molecule has 18 heavy (non-hydrogen) atoms. The fourth-order valence-electron chi connectivity index (χ4n) is 1.66. The highest BCUT2D eigenvalue weighted by Gasteiger charge is 2.27. The van der Waals surface area contributed by atoms with Crippen molar-refractivity contribution in [3.63, 3.8) is 0 Å². The molecule has 0 fully saturated rings. The van der Waals surface area contributed by atoms with Crippen molar-refractivity contribution < 1.29 is 10.0 Å². The maximum Gasteiger partial charge on any atom is 0.235 e. The van der Waals surface area contributed by atoms with E-state index in [2.05, 4.69) is 15.6 Å². The van der Waals surface area contributed by atoms with E-state index < -0.39 is 5.92 Å². The van der Waals surface area contributed by atoms with Crippen LogP contribution in [0.3, 0.4) is 0 Å². The normalized spacial score (nSPS) is 13.7. The first-order chi connectivity index (χ1) is 8.49. The summed E-state index contributed by atoms with van der Waals surface area (Å²) in [6, 6.07) is 0. The Labute approximate surface area is 106 Å². The van der Waals surface area contributed by atoms with Crippen LogP contribution in [-0.2, 0) is 11.3 Å². The van der Waals surface area contributed by atoms with Crippen LogP contribution < -0.4 is 11.1 Å². The van der Waals surface area contributed by atoms with Crippen LogP contribution in [0.15, 0.2) is 17.5 Å². The number of carbonyl (C=O) groups is 1. The first-order valence-electron chi connectivity index (χ1n) is 5.80. The van der Waals surface area contributed by atoms with E-state index in [-0.39, 0.29) is 17.7 Å². The Bertz CT molecular complexity index is 438. The molecule has 7 heteroatoms. The Balaban J connectivity index is 2.79. The molecule has 1 aromatic rings. The second kappa shape index (κ2) is 6.04. The summed E-state index contributed by atoms with van der Waals surface area (Å²) in [4.78, 5) is 12.0. The summed E-state index contributed by atoms with van der Waals surface area (Å²) < 4.78 is 1.70. The Hall–Kier alpha value is -2.05. The summed E-state index contributed by atoms with van der Waals surface area (Å²) in [6.07, 6.45) is 3.28. The number of hydrogen-bond acceptors (Lipinski definition) is 4. The first kappa shape index (κ1) is 14.0. The molecule has 1 atom stereocenters. The number of oxime groups is 1. The van der Waals surface area contributed by atoms with Crippen LogP contribution in [0.5, 0.6) is 0 Å². The van der Waals surface area contributed by atoms with Gasteiger partial charge in [0.1, 0.15) is 5.92 Å². The number of carbonyl (C=O) groups excluding carboxylic acids is 1. The summed E-state index contributed by atoms with van der Waals surface area (Å²) in [7, 11) is 0. The molecule has 0 saturated carbocycles. The van der Waals surface area contributed by atoms with Crippen LogP contribution >= 0.6 is 0 Å².